The summed E-state index contributed by atoms with van der Waals surface area (Å²) in [5.41, 5.74) is 5.32. The van der Waals surface area contributed by atoms with Crippen LogP contribution in [0.1, 0.15) is 0 Å². The van der Waals surface area contributed by atoms with Crippen molar-refractivity contribution in [2.24, 2.45) is 0 Å². The minimum atomic E-state index is 0. The normalized spacial score (nSPS) is 9.68. The molecule has 0 saturated carbocycles. The molecule has 0 unspecified atom stereocenters. The molecule has 4 rings (SSSR count). The van der Waals surface area contributed by atoms with Gasteiger partial charge >= 0.3 is 0 Å². The number of hydrogen-bond acceptors (Lipinski definition) is 0. The van der Waals surface area contributed by atoms with Crippen LogP contribution in [0.2, 0.25) is 0 Å². The smallest absolute Gasteiger partial charge is 0 e. The molecule has 0 aromatic rings. The van der Waals surface area contributed by atoms with Gasteiger partial charge in [-0.3, -0.25) is 0 Å². The summed E-state index contributed by atoms with van der Waals surface area (Å²) >= 11 is 0. The molecule has 0 heterocycles. The third-order valence-corrected chi connectivity index (χ3v) is 3.10. The third-order valence-electron chi connectivity index (χ3n) is 3.10. The van der Waals surface area contributed by atoms with E-state index < -0.39 is 0 Å². The summed E-state index contributed by atoms with van der Waals surface area (Å²) < 4.78 is 0. The molecule has 19 heavy (non-hydrogen) atoms. The standard InChI is InChI=1S/2C9H7.V/c2*1-2-5-9-7-3-6-8(9)4-1;/h2*1-7H;/q2*-1;. The van der Waals surface area contributed by atoms with Crippen molar-refractivity contribution in [2.45, 2.75) is 0 Å². The van der Waals surface area contributed by atoms with Crippen molar-refractivity contribution in [3.05, 3.63) is 84.9 Å². The number of fused-ring (bicyclic) bond motifs is 2. The Morgan fingerprint density at radius 2 is 0.947 bits per heavy atom. The summed E-state index contributed by atoms with van der Waals surface area (Å²) in [6.07, 6.45) is 0. The molecule has 0 spiro atoms. The first-order valence-corrected chi connectivity index (χ1v) is 6.14. The average Bonchev–Trinajstić information content (AvgIpc) is 3.08. The van der Waals surface area contributed by atoms with E-state index in [1.165, 1.54) is 22.3 Å². The molecule has 0 bridgehead atoms. The predicted molar refractivity (Wildman–Crippen MR) is 77.3 cm³/mol. The Bertz CT molecular complexity index is 545. The Hall–Kier alpha value is -1.76. The van der Waals surface area contributed by atoms with Gasteiger partial charge in [-0.2, -0.15) is 48.5 Å². The fourth-order valence-corrected chi connectivity index (χ4v) is 2.14. The Morgan fingerprint density at radius 1 is 0.526 bits per heavy atom. The van der Waals surface area contributed by atoms with Crippen LogP contribution < -0.4 is 0 Å². The van der Waals surface area contributed by atoms with Crippen LogP contribution in [-0.4, -0.2) is 0 Å². The summed E-state index contributed by atoms with van der Waals surface area (Å²) in [6, 6.07) is 29.3. The fraction of sp³-hybridized carbons (Fsp3) is 0. The van der Waals surface area contributed by atoms with E-state index in [0.29, 0.717) is 0 Å². The molecule has 1 radical (unpaired) electrons. The van der Waals surface area contributed by atoms with Gasteiger partial charge in [0.05, 0.1) is 0 Å². The second kappa shape index (κ2) is 6.42. The van der Waals surface area contributed by atoms with E-state index in [-0.39, 0.29) is 18.6 Å². The Balaban J connectivity index is 0.000000133. The van der Waals surface area contributed by atoms with Gasteiger partial charge in [0.25, 0.3) is 0 Å². The van der Waals surface area contributed by atoms with Gasteiger partial charge in [0.1, 0.15) is 0 Å². The van der Waals surface area contributed by atoms with Crippen molar-refractivity contribution in [3.63, 3.8) is 0 Å². The molecule has 0 atom stereocenters. The van der Waals surface area contributed by atoms with Crippen molar-refractivity contribution >= 4 is 0 Å². The van der Waals surface area contributed by atoms with Crippen LogP contribution in [0.5, 0.6) is 0 Å². The number of hydrogen-bond donors (Lipinski definition) is 0. The number of benzene rings is 2. The van der Waals surface area contributed by atoms with Crippen LogP contribution in [0.4, 0.5) is 0 Å². The van der Waals surface area contributed by atoms with Crippen LogP contribution in [0.3, 0.4) is 0 Å². The monoisotopic (exact) mass is 281 g/mol. The van der Waals surface area contributed by atoms with E-state index in [9.17, 15) is 0 Å². The quantitative estimate of drug-likeness (QED) is 0.397. The van der Waals surface area contributed by atoms with Crippen molar-refractivity contribution in [3.8, 4) is 22.3 Å². The van der Waals surface area contributed by atoms with E-state index in [2.05, 4.69) is 84.9 Å². The zero-order valence-electron chi connectivity index (χ0n) is 10.5. The topological polar surface area (TPSA) is 0 Å². The molecule has 0 nitrogen and oxygen atoms in total. The fourth-order valence-electron chi connectivity index (χ4n) is 2.14. The molecule has 0 aromatic carbocycles. The van der Waals surface area contributed by atoms with Crippen molar-refractivity contribution < 1.29 is 18.6 Å². The zero-order valence-corrected chi connectivity index (χ0v) is 11.9. The molecule has 0 aromatic heterocycles. The maximum atomic E-state index is 2.12. The Labute approximate surface area is 126 Å². The van der Waals surface area contributed by atoms with Crippen LogP contribution in [-0.2, 0) is 18.6 Å². The molecule has 93 valence electrons. The summed E-state index contributed by atoms with van der Waals surface area (Å²) in [6.45, 7) is 0. The van der Waals surface area contributed by atoms with Gasteiger partial charge in [-0.1, -0.05) is 24.3 Å². The third kappa shape index (κ3) is 3.17. The van der Waals surface area contributed by atoms with Crippen LogP contribution in [0, 0.1) is 0 Å². The first-order valence-electron chi connectivity index (χ1n) is 6.14. The number of rotatable bonds is 0. The SMILES string of the molecule is [V].c1cc2cc[cH-]cc-2c1.c1cc2cc[cH-]cc-2c1. The maximum absolute atomic E-state index is 2.12. The van der Waals surface area contributed by atoms with Crippen molar-refractivity contribution in [2.75, 3.05) is 0 Å². The van der Waals surface area contributed by atoms with E-state index >= 15 is 0 Å². The molecule has 4 aliphatic carbocycles. The Morgan fingerprint density at radius 3 is 1.37 bits per heavy atom. The molecule has 1 heteroatoms. The minimum absolute atomic E-state index is 0. The molecule has 4 aliphatic rings. The molecule has 0 amide bonds. The van der Waals surface area contributed by atoms with Crippen molar-refractivity contribution in [1.82, 2.24) is 0 Å². The van der Waals surface area contributed by atoms with Crippen molar-refractivity contribution in [1.29, 1.82) is 0 Å². The molecular formula is C18H14V-2. The van der Waals surface area contributed by atoms with E-state index in [4.69, 9.17) is 0 Å². The first kappa shape index (κ1) is 13.7. The molecular weight excluding hydrogens is 267 g/mol. The second-order valence-electron chi connectivity index (χ2n) is 4.31. The van der Waals surface area contributed by atoms with Gasteiger partial charge in [-0.15, -0.1) is 34.4 Å². The van der Waals surface area contributed by atoms with E-state index in [1.807, 2.05) is 0 Å². The van der Waals surface area contributed by atoms with Gasteiger partial charge in [-0.05, 0) is 0 Å². The van der Waals surface area contributed by atoms with Gasteiger partial charge in [0, 0.05) is 18.6 Å². The molecule has 0 N–H and O–H groups in total. The molecule has 0 aliphatic heterocycles. The van der Waals surface area contributed by atoms with Gasteiger partial charge in [0.15, 0.2) is 0 Å². The summed E-state index contributed by atoms with van der Waals surface area (Å²) in [4.78, 5) is 0. The predicted octanol–water partition coefficient (Wildman–Crippen LogP) is 5.02. The molecule has 0 saturated heterocycles. The Kier molecular flexibility index (Phi) is 4.62. The van der Waals surface area contributed by atoms with E-state index in [0.717, 1.165) is 0 Å². The van der Waals surface area contributed by atoms with Crippen LogP contribution >= 0.6 is 0 Å². The van der Waals surface area contributed by atoms with Crippen LogP contribution in [0.25, 0.3) is 22.3 Å². The summed E-state index contributed by atoms with van der Waals surface area (Å²) in [5.74, 6) is 0. The second-order valence-corrected chi connectivity index (χ2v) is 4.31. The zero-order chi connectivity index (χ0) is 12.2. The minimum Gasteiger partial charge on any atom is -0.172 e. The largest absolute Gasteiger partial charge is 0.172 e. The van der Waals surface area contributed by atoms with Crippen LogP contribution in [0.15, 0.2) is 84.9 Å². The van der Waals surface area contributed by atoms with Gasteiger partial charge in [0.2, 0.25) is 0 Å². The maximum Gasteiger partial charge on any atom is 0 e. The van der Waals surface area contributed by atoms with Gasteiger partial charge < -0.3 is 0 Å². The average molecular weight is 281 g/mol. The van der Waals surface area contributed by atoms with E-state index in [1.54, 1.807) is 0 Å². The summed E-state index contributed by atoms with van der Waals surface area (Å²) in [5, 5.41) is 0. The molecule has 0 fully saturated rings. The first-order chi connectivity index (χ1) is 8.93. The summed E-state index contributed by atoms with van der Waals surface area (Å²) in [7, 11) is 0. The van der Waals surface area contributed by atoms with Gasteiger partial charge in [-0.25, -0.2) is 0 Å².